The monoisotopic (exact) mass is 292 g/mol. The van der Waals surface area contributed by atoms with Crippen molar-refractivity contribution in [2.75, 3.05) is 5.32 Å². The van der Waals surface area contributed by atoms with Crippen molar-refractivity contribution >= 4 is 17.5 Å². The Balaban J connectivity index is 2.35. The molecule has 0 atom stereocenters. The van der Waals surface area contributed by atoms with E-state index in [1.165, 1.54) is 12.1 Å². The van der Waals surface area contributed by atoms with Crippen LogP contribution in [0.3, 0.4) is 0 Å². The maximum absolute atomic E-state index is 13.1. The van der Waals surface area contributed by atoms with Crippen molar-refractivity contribution < 1.29 is 18.7 Å². The predicted molar refractivity (Wildman–Crippen MR) is 74.8 cm³/mol. The van der Waals surface area contributed by atoms with Crippen molar-refractivity contribution in [2.45, 2.75) is 19.8 Å². The van der Waals surface area contributed by atoms with Crippen molar-refractivity contribution in [1.29, 1.82) is 0 Å². The van der Waals surface area contributed by atoms with Crippen molar-refractivity contribution in [3.8, 4) is 0 Å². The van der Waals surface area contributed by atoms with Gasteiger partial charge < -0.3 is 10.4 Å². The zero-order valence-corrected chi connectivity index (χ0v) is 11.4. The van der Waals surface area contributed by atoms with Gasteiger partial charge in [-0.25, -0.2) is 18.6 Å². The number of anilines is 2. The summed E-state index contributed by atoms with van der Waals surface area (Å²) in [5.74, 6) is -2.28. The topological polar surface area (TPSA) is 62.2 Å². The molecule has 110 valence electrons. The summed E-state index contributed by atoms with van der Waals surface area (Å²) in [7, 11) is 0. The third-order valence-electron chi connectivity index (χ3n) is 2.77. The molecule has 1 aromatic carbocycles. The van der Waals surface area contributed by atoms with Crippen LogP contribution in [0, 0.1) is 11.6 Å². The standard InChI is InChI=1S/C15H14F2N2O2/c1-2-3-12-4-9(15(20)21)5-14(18-12)19-13-7-10(16)6-11(17)8-13/h4-8H,2-3H2,1H3,(H,18,19)(H,20,21). The minimum atomic E-state index is -1.08. The van der Waals surface area contributed by atoms with Crippen LogP contribution in [-0.4, -0.2) is 16.1 Å². The third-order valence-corrected chi connectivity index (χ3v) is 2.77. The molecule has 0 saturated carbocycles. The second kappa shape index (κ2) is 6.30. The minimum Gasteiger partial charge on any atom is -0.478 e. The molecule has 0 bridgehead atoms. The molecule has 1 aromatic heterocycles. The van der Waals surface area contributed by atoms with Crippen molar-refractivity contribution in [3.05, 3.63) is 53.2 Å². The smallest absolute Gasteiger partial charge is 0.335 e. The lowest BCUT2D eigenvalue weighted by Crippen LogP contribution is -2.04. The van der Waals surface area contributed by atoms with E-state index in [9.17, 15) is 13.6 Å². The zero-order chi connectivity index (χ0) is 15.4. The van der Waals surface area contributed by atoms with Gasteiger partial charge in [-0.3, -0.25) is 0 Å². The molecule has 0 aliphatic rings. The number of pyridine rings is 1. The van der Waals surface area contributed by atoms with Gasteiger partial charge in [-0.1, -0.05) is 13.3 Å². The number of hydrogen-bond acceptors (Lipinski definition) is 3. The van der Waals surface area contributed by atoms with Gasteiger partial charge in [0.25, 0.3) is 0 Å². The van der Waals surface area contributed by atoms with E-state index in [0.717, 1.165) is 24.6 Å². The lowest BCUT2D eigenvalue weighted by Gasteiger charge is -2.09. The van der Waals surface area contributed by atoms with Crippen LogP contribution in [0.5, 0.6) is 0 Å². The maximum Gasteiger partial charge on any atom is 0.335 e. The number of benzene rings is 1. The van der Waals surface area contributed by atoms with Gasteiger partial charge in [-0.2, -0.15) is 0 Å². The molecular weight excluding hydrogens is 278 g/mol. The SMILES string of the molecule is CCCc1cc(C(=O)O)cc(Nc2cc(F)cc(F)c2)n1. The van der Waals surface area contributed by atoms with Crippen molar-refractivity contribution in [1.82, 2.24) is 4.98 Å². The van der Waals surface area contributed by atoms with E-state index in [1.54, 1.807) is 0 Å². The molecule has 2 N–H and O–H groups in total. The lowest BCUT2D eigenvalue weighted by molar-refractivity contribution is 0.0696. The fraction of sp³-hybridized carbons (Fsp3) is 0.200. The first-order valence-electron chi connectivity index (χ1n) is 6.45. The van der Waals surface area contributed by atoms with Crippen LogP contribution < -0.4 is 5.32 Å². The number of aromatic carboxylic acids is 1. The van der Waals surface area contributed by atoms with E-state index < -0.39 is 17.6 Å². The second-order valence-electron chi connectivity index (χ2n) is 4.57. The first-order valence-corrected chi connectivity index (χ1v) is 6.45. The molecule has 2 aromatic rings. The highest BCUT2D eigenvalue weighted by atomic mass is 19.1. The maximum atomic E-state index is 13.1. The predicted octanol–water partition coefficient (Wildman–Crippen LogP) is 3.75. The zero-order valence-electron chi connectivity index (χ0n) is 11.4. The molecule has 6 heteroatoms. The summed E-state index contributed by atoms with van der Waals surface area (Å²) in [4.78, 5) is 15.3. The number of nitrogens with zero attached hydrogens (tertiary/aromatic N) is 1. The quantitative estimate of drug-likeness (QED) is 0.881. The average molecular weight is 292 g/mol. The van der Waals surface area contributed by atoms with E-state index in [-0.39, 0.29) is 17.1 Å². The van der Waals surface area contributed by atoms with Crippen LogP contribution in [0.25, 0.3) is 0 Å². The van der Waals surface area contributed by atoms with Gasteiger partial charge in [0.2, 0.25) is 0 Å². The molecule has 0 aliphatic heterocycles. The fourth-order valence-corrected chi connectivity index (χ4v) is 1.93. The fourth-order valence-electron chi connectivity index (χ4n) is 1.93. The molecular formula is C15H14F2N2O2. The van der Waals surface area contributed by atoms with E-state index in [2.05, 4.69) is 10.3 Å². The number of aryl methyl sites for hydroxylation is 1. The molecule has 0 fully saturated rings. The van der Waals surface area contributed by atoms with Gasteiger partial charge in [0.05, 0.1) is 5.56 Å². The second-order valence-corrected chi connectivity index (χ2v) is 4.57. The first kappa shape index (κ1) is 14.9. The number of aromatic nitrogens is 1. The molecule has 2 rings (SSSR count). The van der Waals surface area contributed by atoms with Crippen LogP contribution >= 0.6 is 0 Å². The first-order chi connectivity index (χ1) is 9.97. The molecule has 1 heterocycles. The Morgan fingerprint density at radius 1 is 1.19 bits per heavy atom. The van der Waals surface area contributed by atoms with E-state index >= 15 is 0 Å². The van der Waals surface area contributed by atoms with E-state index in [4.69, 9.17) is 5.11 Å². The number of halogens is 2. The van der Waals surface area contributed by atoms with Gasteiger partial charge in [0.15, 0.2) is 0 Å². The summed E-state index contributed by atoms with van der Waals surface area (Å²) in [5, 5.41) is 11.8. The molecule has 0 unspecified atom stereocenters. The summed E-state index contributed by atoms with van der Waals surface area (Å²) in [5.41, 5.74) is 0.856. The van der Waals surface area contributed by atoms with Crippen LogP contribution in [0.1, 0.15) is 29.4 Å². The van der Waals surface area contributed by atoms with Gasteiger partial charge in [-0.15, -0.1) is 0 Å². The highest BCUT2D eigenvalue weighted by molar-refractivity contribution is 5.88. The molecule has 0 radical (unpaired) electrons. The van der Waals surface area contributed by atoms with E-state index in [0.29, 0.717) is 12.1 Å². The molecule has 0 spiro atoms. The summed E-state index contributed by atoms with van der Waals surface area (Å²) in [6, 6.07) is 5.79. The lowest BCUT2D eigenvalue weighted by atomic mass is 10.1. The minimum absolute atomic E-state index is 0.0767. The Labute approximate surface area is 120 Å². The van der Waals surface area contributed by atoms with Crippen LogP contribution in [0.15, 0.2) is 30.3 Å². The molecule has 21 heavy (non-hydrogen) atoms. The highest BCUT2D eigenvalue weighted by Gasteiger charge is 2.09. The molecule has 0 amide bonds. The normalized spacial score (nSPS) is 10.4. The van der Waals surface area contributed by atoms with Crippen LogP contribution in [0.2, 0.25) is 0 Å². The number of carboxylic acid groups (broad SMARTS) is 1. The number of hydrogen-bond donors (Lipinski definition) is 2. The highest BCUT2D eigenvalue weighted by Crippen LogP contribution is 2.20. The summed E-state index contributed by atoms with van der Waals surface area (Å²) >= 11 is 0. The number of carbonyl (C=O) groups is 1. The third kappa shape index (κ3) is 3.98. The summed E-state index contributed by atoms with van der Waals surface area (Å²) in [6.07, 6.45) is 1.43. The molecule has 0 aliphatic carbocycles. The number of carboxylic acids is 1. The Bertz CT molecular complexity index is 654. The van der Waals surface area contributed by atoms with Gasteiger partial charge in [0.1, 0.15) is 17.5 Å². The van der Waals surface area contributed by atoms with Crippen LogP contribution in [0.4, 0.5) is 20.3 Å². The largest absolute Gasteiger partial charge is 0.478 e. The van der Waals surface area contributed by atoms with Gasteiger partial charge in [-0.05, 0) is 30.7 Å². The summed E-state index contributed by atoms with van der Waals surface area (Å²) < 4.78 is 26.3. The summed E-state index contributed by atoms with van der Waals surface area (Å²) in [6.45, 7) is 1.95. The Morgan fingerprint density at radius 2 is 1.86 bits per heavy atom. The average Bonchev–Trinajstić information content (AvgIpc) is 2.37. The number of nitrogens with one attached hydrogen (secondary N) is 1. The molecule has 4 nitrogen and oxygen atoms in total. The van der Waals surface area contributed by atoms with Crippen LogP contribution in [-0.2, 0) is 6.42 Å². The Morgan fingerprint density at radius 3 is 2.43 bits per heavy atom. The van der Waals surface area contributed by atoms with Gasteiger partial charge >= 0.3 is 5.97 Å². The van der Waals surface area contributed by atoms with Gasteiger partial charge in [0, 0.05) is 17.4 Å². The van der Waals surface area contributed by atoms with E-state index in [1.807, 2.05) is 6.92 Å². The number of rotatable bonds is 5. The molecule has 0 saturated heterocycles. The van der Waals surface area contributed by atoms with Crippen molar-refractivity contribution in [2.24, 2.45) is 0 Å². The van der Waals surface area contributed by atoms with Crippen molar-refractivity contribution in [3.63, 3.8) is 0 Å². The Hall–Kier alpha value is -2.50. The Kier molecular flexibility index (Phi) is 4.47.